The van der Waals surface area contributed by atoms with Crippen LogP contribution in [-0.4, -0.2) is 62.7 Å². The zero-order valence-corrected chi connectivity index (χ0v) is 13.3. The molecule has 0 aliphatic carbocycles. The van der Waals surface area contributed by atoms with Crippen LogP contribution in [-0.2, 0) is 6.42 Å². The van der Waals surface area contributed by atoms with E-state index >= 15 is 0 Å². The Balaban J connectivity index is 1.59. The summed E-state index contributed by atoms with van der Waals surface area (Å²) in [6, 6.07) is 8.27. The molecular formula is C17H29N3O. The molecule has 1 aromatic rings. The van der Waals surface area contributed by atoms with Crippen molar-refractivity contribution in [1.82, 2.24) is 9.80 Å². The van der Waals surface area contributed by atoms with Gasteiger partial charge in [0.05, 0.1) is 0 Å². The summed E-state index contributed by atoms with van der Waals surface area (Å²) < 4.78 is 5.80. The zero-order chi connectivity index (χ0) is 14.9. The Morgan fingerprint density at radius 1 is 1.14 bits per heavy atom. The first-order valence-electron chi connectivity index (χ1n) is 8.10. The molecule has 2 rings (SSSR count). The van der Waals surface area contributed by atoms with Gasteiger partial charge in [0, 0.05) is 19.6 Å². The van der Waals surface area contributed by atoms with Crippen molar-refractivity contribution in [3.8, 4) is 5.75 Å². The molecule has 1 aliphatic rings. The fourth-order valence-electron chi connectivity index (χ4n) is 2.67. The van der Waals surface area contributed by atoms with E-state index in [9.17, 15) is 0 Å². The number of rotatable bonds is 9. The summed E-state index contributed by atoms with van der Waals surface area (Å²) in [5.74, 6) is 0.948. The van der Waals surface area contributed by atoms with Crippen molar-refractivity contribution in [1.29, 1.82) is 0 Å². The number of nitrogens with zero attached hydrogens (tertiary/aromatic N) is 2. The van der Waals surface area contributed by atoms with E-state index in [1.165, 1.54) is 38.0 Å². The summed E-state index contributed by atoms with van der Waals surface area (Å²) in [6.07, 6.45) is 3.67. The molecule has 2 N–H and O–H groups in total. The molecule has 1 aliphatic heterocycles. The van der Waals surface area contributed by atoms with Crippen molar-refractivity contribution in [2.45, 2.75) is 19.3 Å². The van der Waals surface area contributed by atoms with Gasteiger partial charge in [-0.1, -0.05) is 12.1 Å². The molecule has 1 fully saturated rings. The quantitative estimate of drug-likeness (QED) is 0.750. The molecule has 0 amide bonds. The number of ether oxygens (including phenoxy) is 1. The molecule has 0 bridgehead atoms. The van der Waals surface area contributed by atoms with E-state index in [2.05, 4.69) is 29.0 Å². The van der Waals surface area contributed by atoms with Gasteiger partial charge in [0.2, 0.25) is 0 Å². The summed E-state index contributed by atoms with van der Waals surface area (Å²) in [5.41, 5.74) is 6.82. The Hall–Kier alpha value is -1.10. The average Bonchev–Trinajstić information content (AvgIpc) is 3.01. The van der Waals surface area contributed by atoms with Gasteiger partial charge in [0.1, 0.15) is 12.4 Å². The summed E-state index contributed by atoms with van der Waals surface area (Å²) in [7, 11) is 2.17. The summed E-state index contributed by atoms with van der Waals surface area (Å²) in [4.78, 5) is 4.90. The summed E-state index contributed by atoms with van der Waals surface area (Å²) in [5, 5.41) is 0. The Morgan fingerprint density at radius 3 is 2.52 bits per heavy atom. The van der Waals surface area contributed by atoms with Crippen LogP contribution < -0.4 is 10.5 Å². The molecule has 4 heteroatoms. The van der Waals surface area contributed by atoms with Gasteiger partial charge in [-0.3, -0.25) is 0 Å². The van der Waals surface area contributed by atoms with Crippen LogP contribution in [0.2, 0.25) is 0 Å². The lowest BCUT2D eigenvalue weighted by atomic mass is 10.1. The molecule has 1 saturated heterocycles. The molecule has 0 unspecified atom stereocenters. The van der Waals surface area contributed by atoms with Crippen LogP contribution in [0.5, 0.6) is 5.75 Å². The first-order valence-corrected chi connectivity index (χ1v) is 8.10. The van der Waals surface area contributed by atoms with Crippen molar-refractivity contribution in [3.63, 3.8) is 0 Å². The number of likely N-dealkylation sites (N-methyl/N-ethyl adjacent to an activating group) is 1. The predicted octanol–water partition coefficient (Wildman–Crippen LogP) is 1.59. The van der Waals surface area contributed by atoms with Gasteiger partial charge in [-0.05, 0) is 63.6 Å². The molecule has 118 valence electrons. The van der Waals surface area contributed by atoms with Crippen molar-refractivity contribution in [2.24, 2.45) is 5.73 Å². The molecule has 0 saturated carbocycles. The maximum Gasteiger partial charge on any atom is 0.119 e. The minimum absolute atomic E-state index is 0.696. The van der Waals surface area contributed by atoms with E-state index in [0.717, 1.165) is 31.9 Å². The van der Waals surface area contributed by atoms with E-state index in [-0.39, 0.29) is 0 Å². The zero-order valence-electron chi connectivity index (χ0n) is 13.3. The van der Waals surface area contributed by atoms with Gasteiger partial charge in [-0.2, -0.15) is 0 Å². The third-order valence-electron chi connectivity index (χ3n) is 4.09. The second-order valence-corrected chi connectivity index (χ2v) is 5.88. The lowest BCUT2D eigenvalue weighted by Gasteiger charge is -2.21. The topological polar surface area (TPSA) is 41.7 Å². The second kappa shape index (κ2) is 9.03. The van der Waals surface area contributed by atoms with Crippen LogP contribution in [0, 0.1) is 0 Å². The molecule has 1 aromatic carbocycles. The molecule has 1 heterocycles. The smallest absolute Gasteiger partial charge is 0.119 e. The first-order chi connectivity index (χ1) is 10.3. The van der Waals surface area contributed by atoms with Gasteiger partial charge in [0.25, 0.3) is 0 Å². The van der Waals surface area contributed by atoms with Crippen LogP contribution in [0.4, 0.5) is 0 Å². The predicted molar refractivity (Wildman–Crippen MR) is 87.9 cm³/mol. The standard InChI is InChI=1S/C17H29N3O/c1-19(12-13-20-10-2-3-11-20)14-15-21-17-6-4-16(5-7-17)8-9-18/h4-7H,2-3,8-15,18H2,1H3. The highest BCUT2D eigenvalue weighted by Crippen LogP contribution is 2.12. The number of likely N-dealkylation sites (tertiary alicyclic amines) is 1. The van der Waals surface area contributed by atoms with Gasteiger partial charge in [0.15, 0.2) is 0 Å². The van der Waals surface area contributed by atoms with E-state index in [4.69, 9.17) is 10.5 Å². The lowest BCUT2D eigenvalue weighted by Crippen LogP contribution is -2.33. The maximum atomic E-state index is 5.80. The third-order valence-corrected chi connectivity index (χ3v) is 4.09. The first kappa shape index (κ1) is 16.3. The van der Waals surface area contributed by atoms with Crippen LogP contribution in [0.1, 0.15) is 18.4 Å². The molecular weight excluding hydrogens is 262 g/mol. The molecule has 0 atom stereocenters. The molecule has 0 spiro atoms. The van der Waals surface area contributed by atoms with Crippen LogP contribution in [0.3, 0.4) is 0 Å². The minimum atomic E-state index is 0.696. The fraction of sp³-hybridized carbons (Fsp3) is 0.647. The van der Waals surface area contributed by atoms with Crippen molar-refractivity contribution < 1.29 is 4.74 Å². The molecule has 0 aromatic heterocycles. The largest absolute Gasteiger partial charge is 0.492 e. The summed E-state index contributed by atoms with van der Waals surface area (Å²) >= 11 is 0. The Bertz CT molecular complexity index is 388. The Morgan fingerprint density at radius 2 is 1.86 bits per heavy atom. The van der Waals surface area contributed by atoms with Crippen LogP contribution in [0.25, 0.3) is 0 Å². The number of benzene rings is 1. The van der Waals surface area contributed by atoms with Crippen molar-refractivity contribution in [3.05, 3.63) is 29.8 Å². The highest BCUT2D eigenvalue weighted by molar-refractivity contribution is 5.27. The van der Waals surface area contributed by atoms with E-state index in [1.807, 2.05) is 12.1 Å². The normalized spacial score (nSPS) is 15.8. The highest BCUT2D eigenvalue weighted by Gasteiger charge is 2.11. The lowest BCUT2D eigenvalue weighted by molar-refractivity contribution is 0.213. The Kier molecular flexibility index (Phi) is 7.00. The highest BCUT2D eigenvalue weighted by atomic mass is 16.5. The minimum Gasteiger partial charge on any atom is -0.492 e. The molecule has 21 heavy (non-hydrogen) atoms. The second-order valence-electron chi connectivity index (χ2n) is 5.88. The van der Waals surface area contributed by atoms with Crippen LogP contribution >= 0.6 is 0 Å². The van der Waals surface area contributed by atoms with Gasteiger partial charge in [-0.25, -0.2) is 0 Å². The molecule has 0 radical (unpaired) electrons. The Labute approximate surface area is 128 Å². The number of nitrogens with two attached hydrogens (primary N) is 1. The number of hydrogen-bond acceptors (Lipinski definition) is 4. The van der Waals surface area contributed by atoms with Gasteiger partial charge >= 0.3 is 0 Å². The van der Waals surface area contributed by atoms with E-state index < -0.39 is 0 Å². The summed E-state index contributed by atoms with van der Waals surface area (Å²) in [6.45, 7) is 7.27. The molecule has 4 nitrogen and oxygen atoms in total. The van der Waals surface area contributed by atoms with E-state index in [0.29, 0.717) is 6.54 Å². The van der Waals surface area contributed by atoms with Gasteiger partial charge in [-0.15, -0.1) is 0 Å². The van der Waals surface area contributed by atoms with Gasteiger partial charge < -0.3 is 20.3 Å². The van der Waals surface area contributed by atoms with Crippen molar-refractivity contribution >= 4 is 0 Å². The number of hydrogen-bond donors (Lipinski definition) is 1. The third kappa shape index (κ3) is 6.04. The van der Waals surface area contributed by atoms with Crippen molar-refractivity contribution in [2.75, 3.05) is 52.9 Å². The monoisotopic (exact) mass is 291 g/mol. The van der Waals surface area contributed by atoms with E-state index in [1.54, 1.807) is 0 Å². The maximum absolute atomic E-state index is 5.80. The SMILES string of the molecule is CN(CCOc1ccc(CCN)cc1)CCN1CCCC1. The average molecular weight is 291 g/mol. The fourth-order valence-corrected chi connectivity index (χ4v) is 2.67. The van der Waals surface area contributed by atoms with Crippen LogP contribution in [0.15, 0.2) is 24.3 Å².